The van der Waals surface area contributed by atoms with Crippen LogP contribution in [-0.2, 0) is 4.79 Å². The molecule has 0 bridgehead atoms. The van der Waals surface area contributed by atoms with Gasteiger partial charge in [-0.3, -0.25) is 0 Å². The molecule has 0 amide bonds. The molecule has 0 aromatic heterocycles. The maximum Gasteiger partial charge on any atom is 0.330 e. The van der Waals surface area contributed by atoms with Crippen LogP contribution in [0.4, 0.5) is 0 Å². The fraction of sp³-hybridized carbons (Fsp3) is 0.833. The largest absolute Gasteiger partial charge is 0.478 e. The number of hydrogen-bond donors (Lipinski definition) is 2. The highest BCUT2D eigenvalue weighted by Crippen LogP contribution is 2.72. The third-order valence-electron chi connectivity index (χ3n) is 11.9. The Hall–Kier alpha value is -1.09. The first kappa shape index (κ1) is 25.0. The summed E-state index contributed by atoms with van der Waals surface area (Å²) in [4.78, 5) is 11.1. The molecule has 4 aliphatic rings. The molecule has 0 aliphatic heterocycles. The number of hydrogen-bond acceptors (Lipinski definition) is 2. The zero-order chi connectivity index (χ0) is 24.4. The van der Waals surface area contributed by atoms with E-state index < -0.39 is 5.97 Å². The molecule has 3 nitrogen and oxygen atoms in total. The van der Waals surface area contributed by atoms with Crippen molar-refractivity contribution in [1.82, 2.24) is 0 Å². The van der Waals surface area contributed by atoms with Crippen LogP contribution < -0.4 is 0 Å². The van der Waals surface area contributed by atoms with Gasteiger partial charge in [-0.1, -0.05) is 58.8 Å². The SMILES string of the molecule is C/C(=C\CC[C@@H](C)[C@H]1CC[C@@]2(C)C3=C(CC[C@]12C)[C@@]1(C)CC[C@H](O)C(C)(C)C1CC3)C(=O)O. The van der Waals surface area contributed by atoms with E-state index >= 15 is 0 Å². The zero-order valence-corrected chi connectivity index (χ0v) is 22.3. The predicted octanol–water partition coefficient (Wildman–Crippen LogP) is 7.54. The number of fused-ring (bicyclic) bond motifs is 4. The number of carboxylic acid groups (broad SMARTS) is 1. The Kier molecular flexibility index (Phi) is 6.25. The van der Waals surface area contributed by atoms with E-state index in [2.05, 4.69) is 41.5 Å². The molecule has 4 rings (SSSR count). The van der Waals surface area contributed by atoms with Gasteiger partial charge in [0, 0.05) is 5.57 Å². The van der Waals surface area contributed by atoms with Gasteiger partial charge in [-0.15, -0.1) is 0 Å². The van der Waals surface area contributed by atoms with Gasteiger partial charge in [0.15, 0.2) is 0 Å². The lowest BCUT2D eigenvalue weighted by Gasteiger charge is -2.62. The van der Waals surface area contributed by atoms with Gasteiger partial charge in [0.25, 0.3) is 0 Å². The van der Waals surface area contributed by atoms with Crippen LogP contribution in [0.5, 0.6) is 0 Å². The first-order chi connectivity index (χ1) is 15.3. The molecule has 0 radical (unpaired) electrons. The third-order valence-corrected chi connectivity index (χ3v) is 11.9. The van der Waals surface area contributed by atoms with Crippen molar-refractivity contribution >= 4 is 5.97 Å². The average molecular weight is 457 g/mol. The van der Waals surface area contributed by atoms with Gasteiger partial charge in [-0.05, 0) is 111 Å². The Labute approximate surface area is 202 Å². The maximum atomic E-state index is 11.1. The second-order valence-electron chi connectivity index (χ2n) is 13.5. The van der Waals surface area contributed by atoms with Gasteiger partial charge in [0.05, 0.1) is 6.10 Å². The number of aliphatic hydroxyl groups is 1. The summed E-state index contributed by atoms with van der Waals surface area (Å²) in [7, 11) is 0. The summed E-state index contributed by atoms with van der Waals surface area (Å²) in [5.41, 5.74) is 4.95. The van der Waals surface area contributed by atoms with Crippen molar-refractivity contribution < 1.29 is 15.0 Å². The first-order valence-electron chi connectivity index (χ1n) is 13.6. The highest BCUT2D eigenvalue weighted by atomic mass is 16.4. The van der Waals surface area contributed by atoms with E-state index in [1.54, 1.807) is 18.1 Å². The smallest absolute Gasteiger partial charge is 0.330 e. The molecule has 4 aliphatic carbocycles. The number of allylic oxidation sites excluding steroid dienone is 3. The van der Waals surface area contributed by atoms with Crippen molar-refractivity contribution in [2.75, 3.05) is 0 Å². The van der Waals surface area contributed by atoms with Crippen LogP contribution in [0.25, 0.3) is 0 Å². The van der Waals surface area contributed by atoms with Gasteiger partial charge in [-0.25, -0.2) is 4.79 Å². The standard InChI is InChI=1S/C30H48O3/c1-19(9-8-10-20(2)26(32)33)21-13-17-30(7)23-11-12-24-27(3,4)25(31)15-16-28(24,5)22(23)14-18-29(21,30)6/h10,19,21,24-25,31H,8-9,11-18H2,1-7H3,(H,32,33)/b20-10+/t19-,21-,24?,25+,28-,29-,30+/m1/s1. The Morgan fingerprint density at radius 1 is 1.03 bits per heavy atom. The molecule has 0 aromatic rings. The van der Waals surface area contributed by atoms with Crippen LogP contribution in [0.3, 0.4) is 0 Å². The fourth-order valence-corrected chi connectivity index (χ4v) is 9.48. The molecule has 33 heavy (non-hydrogen) atoms. The topological polar surface area (TPSA) is 57.5 Å². The molecule has 2 N–H and O–H groups in total. The number of rotatable bonds is 5. The summed E-state index contributed by atoms with van der Waals surface area (Å²) in [5, 5.41) is 20.0. The lowest BCUT2D eigenvalue weighted by Crippen LogP contribution is -2.55. The van der Waals surface area contributed by atoms with Gasteiger partial charge in [0.2, 0.25) is 0 Å². The Bertz CT molecular complexity index is 866. The second kappa shape index (κ2) is 8.25. The van der Waals surface area contributed by atoms with Gasteiger partial charge >= 0.3 is 5.97 Å². The van der Waals surface area contributed by atoms with Crippen LogP contribution in [-0.4, -0.2) is 22.3 Å². The predicted molar refractivity (Wildman–Crippen MR) is 135 cm³/mol. The fourth-order valence-electron chi connectivity index (χ4n) is 9.48. The van der Waals surface area contributed by atoms with Gasteiger partial charge < -0.3 is 10.2 Å². The molecule has 0 heterocycles. The molecule has 0 spiro atoms. The number of carboxylic acids is 1. The maximum absolute atomic E-state index is 11.1. The molecular formula is C30H48O3. The summed E-state index contributed by atoms with van der Waals surface area (Å²) >= 11 is 0. The Balaban J connectivity index is 1.60. The molecule has 186 valence electrons. The minimum absolute atomic E-state index is 0.00150. The van der Waals surface area contributed by atoms with Crippen LogP contribution in [0, 0.1) is 39.4 Å². The Morgan fingerprint density at radius 2 is 1.73 bits per heavy atom. The minimum atomic E-state index is -0.794. The van der Waals surface area contributed by atoms with E-state index in [9.17, 15) is 9.90 Å². The van der Waals surface area contributed by atoms with E-state index in [1.807, 2.05) is 6.08 Å². The molecule has 1 unspecified atom stereocenters. The molecule has 0 saturated heterocycles. The quantitative estimate of drug-likeness (QED) is 0.332. The van der Waals surface area contributed by atoms with E-state index in [0.717, 1.165) is 25.7 Å². The van der Waals surface area contributed by atoms with Crippen molar-refractivity contribution in [2.24, 2.45) is 39.4 Å². The molecule has 0 aromatic carbocycles. The van der Waals surface area contributed by atoms with Crippen molar-refractivity contribution in [3.63, 3.8) is 0 Å². The minimum Gasteiger partial charge on any atom is -0.478 e. The van der Waals surface area contributed by atoms with E-state index in [0.29, 0.717) is 34.2 Å². The summed E-state index contributed by atoms with van der Waals surface area (Å²) in [6.07, 6.45) is 13.3. The van der Waals surface area contributed by atoms with Crippen molar-refractivity contribution in [2.45, 2.75) is 119 Å². The van der Waals surface area contributed by atoms with Crippen molar-refractivity contribution in [3.8, 4) is 0 Å². The molecular weight excluding hydrogens is 408 g/mol. The monoisotopic (exact) mass is 456 g/mol. The summed E-state index contributed by atoms with van der Waals surface area (Å²) in [6, 6.07) is 0. The molecule has 3 heteroatoms. The van der Waals surface area contributed by atoms with Crippen molar-refractivity contribution in [1.29, 1.82) is 0 Å². The summed E-state index contributed by atoms with van der Waals surface area (Å²) < 4.78 is 0. The first-order valence-corrected chi connectivity index (χ1v) is 13.6. The highest BCUT2D eigenvalue weighted by Gasteiger charge is 2.63. The molecule has 2 saturated carbocycles. The van der Waals surface area contributed by atoms with Gasteiger partial charge in [0.1, 0.15) is 0 Å². The van der Waals surface area contributed by atoms with Gasteiger partial charge in [-0.2, -0.15) is 0 Å². The van der Waals surface area contributed by atoms with Crippen LogP contribution in [0.2, 0.25) is 0 Å². The lowest BCUT2D eigenvalue weighted by molar-refractivity contribution is -0.132. The molecule has 2 fully saturated rings. The Morgan fingerprint density at radius 3 is 2.39 bits per heavy atom. The second-order valence-corrected chi connectivity index (χ2v) is 13.5. The zero-order valence-electron chi connectivity index (χ0n) is 22.3. The normalized spacial score (nSPS) is 43.5. The third kappa shape index (κ3) is 3.58. The van der Waals surface area contributed by atoms with E-state index in [4.69, 9.17) is 5.11 Å². The van der Waals surface area contributed by atoms with Crippen LogP contribution in [0.1, 0.15) is 113 Å². The van der Waals surface area contributed by atoms with Crippen LogP contribution >= 0.6 is 0 Å². The summed E-state index contributed by atoms with van der Waals surface area (Å²) in [6.45, 7) is 16.5. The van der Waals surface area contributed by atoms with Crippen molar-refractivity contribution in [3.05, 3.63) is 22.8 Å². The molecule has 7 atom stereocenters. The number of carbonyl (C=O) groups is 1. The lowest BCUT2D eigenvalue weighted by atomic mass is 9.43. The average Bonchev–Trinajstić information content (AvgIpc) is 3.02. The van der Waals surface area contributed by atoms with E-state index in [-0.39, 0.29) is 16.9 Å². The number of aliphatic carboxylic acids is 1. The number of aliphatic hydroxyl groups excluding tert-OH is 1. The van der Waals surface area contributed by atoms with Crippen LogP contribution in [0.15, 0.2) is 22.8 Å². The summed E-state index contributed by atoms with van der Waals surface area (Å²) in [5.74, 6) is 1.12. The highest BCUT2D eigenvalue weighted by molar-refractivity contribution is 5.85. The van der Waals surface area contributed by atoms with E-state index in [1.165, 1.54) is 38.5 Å².